The minimum atomic E-state index is -0.353. The molecule has 78 valence electrons. The molecule has 0 spiro atoms. The Labute approximate surface area is 83.1 Å². The van der Waals surface area contributed by atoms with E-state index in [4.69, 9.17) is 10.5 Å². The Hall–Kier alpha value is -1.29. The van der Waals surface area contributed by atoms with Gasteiger partial charge in [-0.25, -0.2) is 4.39 Å². The van der Waals surface area contributed by atoms with Gasteiger partial charge in [-0.1, -0.05) is 0 Å². The van der Waals surface area contributed by atoms with Crippen LogP contribution in [0.5, 0.6) is 5.75 Å². The van der Waals surface area contributed by atoms with Crippen LogP contribution in [-0.2, 0) is 0 Å². The van der Waals surface area contributed by atoms with Gasteiger partial charge in [-0.15, -0.1) is 0 Å². The predicted octanol–water partition coefficient (Wildman–Crippen LogP) is 1.59. The molecule has 0 heterocycles. The first-order valence-electron chi connectivity index (χ1n) is 4.64. The van der Waals surface area contributed by atoms with Crippen LogP contribution in [0.15, 0.2) is 18.2 Å². The highest BCUT2D eigenvalue weighted by molar-refractivity contribution is 5.47. The molecule has 0 bridgehead atoms. The number of halogens is 1. The third-order valence-corrected chi connectivity index (χ3v) is 1.71. The third-order valence-electron chi connectivity index (χ3n) is 1.71. The van der Waals surface area contributed by atoms with E-state index in [0.29, 0.717) is 19.7 Å². The van der Waals surface area contributed by atoms with Gasteiger partial charge in [0.05, 0.1) is 6.61 Å². The van der Waals surface area contributed by atoms with Gasteiger partial charge in [0.25, 0.3) is 0 Å². The summed E-state index contributed by atoms with van der Waals surface area (Å²) in [7, 11) is 0. The zero-order valence-electron chi connectivity index (χ0n) is 8.22. The fourth-order valence-electron chi connectivity index (χ4n) is 1.10. The summed E-state index contributed by atoms with van der Waals surface area (Å²) in [6, 6.07) is 4.78. The van der Waals surface area contributed by atoms with Crippen LogP contribution >= 0.6 is 0 Å². The summed E-state index contributed by atoms with van der Waals surface area (Å²) in [4.78, 5) is 0. The molecule has 0 atom stereocenters. The van der Waals surface area contributed by atoms with Crippen molar-refractivity contribution >= 4 is 5.69 Å². The molecule has 0 aliphatic heterocycles. The number of nitrogens with one attached hydrogen (secondary N) is 1. The summed E-state index contributed by atoms with van der Waals surface area (Å²) in [6.45, 7) is 3.44. The van der Waals surface area contributed by atoms with Crippen LogP contribution in [0.4, 0.5) is 10.1 Å². The van der Waals surface area contributed by atoms with Gasteiger partial charge >= 0.3 is 0 Å². The minimum Gasteiger partial charge on any atom is -0.491 e. The van der Waals surface area contributed by atoms with Gasteiger partial charge in [-0.3, -0.25) is 0 Å². The molecule has 1 aromatic carbocycles. The van der Waals surface area contributed by atoms with Crippen molar-refractivity contribution in [3.8, 4) is 5.75 Å². The number of rotatable bonds is 5. The molecule has 1 aromatic rings. The largest absolute Gasteiger partial charge is 0.491 e. The smallest absolute Gasteiger partial charge is 0.167 e. The molecule has 0 aromatic heterocycles. The van der Waals surface area contributed by atoms with Crippen LogP contribution in [0.3, 0.4) is 0 Å². The van der Waals surface area contributed by atoms with Crippen molar-refractivity contribution < 1.29 is 9.13 Å². The van der Waals surface area contributed by atoms with Crippen LogP contribution in [-0.4, -0.2) is 19.7 Å². The van der Waals surface area contributed by atoms with Crippen LogP contribution < -0.4 is 15.8 Å². The molecule has 4 heteroatoms. The molecule has 0 aliphatic carbocycles. The summed E-state index contributed by atoms with van der Waals surface area (Å²) >= 11 is 0. The first-order chi connectivity index (χ1) is 6.77. The average Bonchev–Trinajstić information content (AvgIpc) is 2.19. The number of benzene rings is 1. The van der Waals surface area contributed by atoms with Crippen molar-refractivity contribution in [1.82, 2.24) is 0 Å². The van der Waals surface area contributed by atoms with Gasteiger partial charge in [0.1, 0.15) is 0 Å². The van der Waals surface area contributed by atoms with E-state index in [1.165, 1.54) is 6.07 Å². The van der Waals surface area contributed by atoms with Crippen molar-refractivity contribution in [3.05, 3.63) is 24.0 Å². The molecule has 0 saturated carbocycles. The highest BCUT2D eigenvalue weighted by atomic mass is 19.1. The standard InChI is InChI=1S/C10H15FN2O/c1-2-14-10-4-3-8(7-9(10)11)13-6-5-12/h3-4,7,13H,2,5-6,12H2,1H3. The molecule has 1 rings (SSSR count). The van der Waals surface area contributed by atoms with Crippen molar-refractivity contribution in [1.29, 1.82) is 0 Å². The maximum Gasteiger partial charge on any atom is 0.167 e. The highest BCUT2D eigenvalue weighted by Crippen LogP contribution is 2.20. The van der Waals surface area contributed by atoms with Gasteiger partial charge in [0.15, 0.2) is 11.6 Å². The molecule has 3 N–H and O–H groups in total. The topological polar surface area (TPSA) is 47.3 Å². The van der Waals surface area contributed by atoms with E-state index in [1.54, 1.807) is 12.1 Å². The van der Waals surface area contributed by atoms with Gasteiger partial charge in [0, 0.05) is 24.8 Å². The summed E-state index contributed by atoms with van der Waals surface area (Å²) < 4.78 is 18.3. The summed E-state index contributed by atoms with van der Waals surface area (Å²) in [5.74, 6) is -0.0698. The summed E-state index contributed by atoms with van der Waals surface area (Å²) in [6.07, 6.45) is 0. The van der Waals surface area contributed by atoms with Crippen LogP contribution in [0.25, 0.3) is 0 Å². The Kier molecular flexibility index (Phi) is 4.19. The SMILES string of the molecule is CCOc1ccc(NCCN)cc1F. The molecule has 14 heavy (non-hydrogen) atoms. The van der Waals surface area contributed by atoms with Crippen molar-refractivity contribution in [2.24, 2.45) is 5.73 Å². The second kappa shape index (κ2) is 5.44. The van der Waals surface area contributed by atoms with Crippen LogP contribution in [0.2, 0.25) is 0 Å². The van der Waals surface area contributed by atoms with Crippen LogP contribution in [0.1, 0.15) is 6.92 Å². The number of anilines is 1. The number of nitrogens with two attached hydrogens (primary N) is 1. The Bertz CT molecular complexity index is 291. The minimum absolute atomic E-state index is 0.283. The van der Waals surface area contributed by atoms with E-state index in [2.05, 4.69) is 5.32 Å². The molecule has 0 aliphatic rings. The predicted molar refractivity (Wildman–Crippen MR) is 55.1 cm³/mol. The Morgan fingerprint density at radius 3 is 2.86 bits per heavy atom. The van der Waals surface area contributed by atoms with E-state index in [0.717, 1.165) is 5.69 Å². The monoisotopic (exact) mass is 198 g/mol. The molecule has 0 fully saturated rings. The summed E-state index contributed by atoms with van der Waals surface area (Å²) in [5, 5.41) is 2.98. The zero-order chi connectivity index (χ0) is 10.4. The third kappa shape index (κ3) is 2.88. The Balaban J connectivity index is 2.68. The lowest BCUT2D eigenvalue weighted by Crippen LogP contribution is -2.13. The van der Waals surface area contributed by atoms with Crippen molar-refractivity contribution in [2.75, 3.05) is 25.0 Å². The van der Waals surface area contributed by atoms with Gasteiger partial charge in [-0.2, -0.15) is 0 Å². The average molecular weight is 198 g/mol. The second-order valence-electron chi connectivity index (χ2n) is 2.79. The Morgan fingerprint density at radius 1 is 1.50 bits per heavy atom. The second-order valence-corrected chi connectivity index (χ2v) is 2.79. The maximum absolute atomic E-state index is 13.3. The van der Waals surface area contributed by atoms with Gasteiger partial charge < -0.3 is 15.8 Å². The van der Waals surface area contributed by atoms with Gasteiger partial charge in [-0.05, 0) is 19.1 Å². The van der Waals surface area contributed by atoms with Crippen LogP contribution in [0, 0.1) is 5.82 Å². The van der Waals surface area contributed by atoms with Crippen molar-refractivity contribution in [2.45, 2.75) is 6.92 Å². The number of hydrogen-bond acceptors (Lipinski definition) is 3. The van der Waals surface area contributed by atoms with E-state index >= 15 is 0 Å². The molecule has 0 radical (unpaired) electrons. The molecule has 0 unspecified atom stereocenters. The quantitative estimate of drug-likeness (QED) is 0.755. The fraction of sp³-hybridized carbons (Fsp3) is 0.400. The lowest BCUT2D eigenvalue weighted by molar-refractivity contribution is 0.321. The molecular weight excluding hydrogens is 183 g/mol. The molecule has 0 saturated heterocycles. The normalized spacial score (nSPS) is 9.93. The molecular formula is C10H15FN2O. The van der Waals surface area contributed by atoms with E-state index < -0.39 is 0 Å². The zero-order valence-corrected chi connectivity index (χ0v) is 8.22. The first-order valence-corrected chi connectivity index (χ1v) is 4.64. The van der Waals surface area contributed by atoms with E-state index in [9.17, 15) is 4.39 Å². The maximum atomic E-state index is 13.3. The van der Waals surface area contributed by atoms with Gasteiger partial charge in [0.2, 0.25) is 0 Å². The fourth-order valence-corrected chi connectivity index (χ4v) is 1.10. The number of ether oxygens (including phenoxy) is 1. The first kappa shape index (κ1) is 10.8. The highest BCUT2D eigenvalue weighted by Gasteiger charge is 2.02. The van der Waals surface area contributed by atoms with E-state index in [-0.39, 0.29) is 11.6 Å². The van der Waals surface area contributed by atoms with Crippen molar-refractivity contribution in [3.63, 3.8) is 0 Å². The lowest BCUT2D eigenvalue weighted by Gasteiger charge is -2.08. The van der Waals surface area contributed by atoms with E-state index in [1.807, 2.05) is 6.92 Å². The molecule has 0 amide bonds. The number of hydrogen-bond donors (Lipinski definition) is 2. The molecule has 3 nitrogen and oxygen atoms in total. The lowest BCUT2D eigenvalue weighted by atomic mass is 10.3. The summed E-state index contributed by atoms with van der Waals surface area (Å²) in [5.41, 5.74) is 6.03. The Morgan fingerprint density at radius 2 is 2.29 bits per heavy atom.